The lowest BCUT2D eigenvalue weighted by Gasteiger charge is -2.00. The zero-order valence-corrected chi connectivity index (χ0v) is 10.7. The van der Waals surface area contributed by atoms with Crippen molar-refractivity contribution in [3.05, 3.63) is 52.0 Å². The van der Waals surface area contributed by atoms with Gasteiger partial charge in [0.1, 0.15) is 5.82 Å². The number of hydrogen-bond acceptors (Lipinski definition) is 3. The van der Waals surface area contributed by atoms with Crippen molar-refractivity contribution in [2.24, 2.45) is 7.05 Å². The third kappa shape index (κ3) is 1.79. The molecule has 0 spiro atoms. The van der Waals surface area contributed by atoms with E-state index in [1.54, 1.807) is 11.3 Å². The molecule has 0 saturated heterocycles. The second-order valence-corrected chi connectivity index (χ2v) is 5.19. The first-order valence-electron chi connectivity index (χ1n) is 5.66. The van der Waals surface area contributed by atoms with E-state index in [1.807, 2.05) is 25.2 Å². The predicted molar refractivity (Wildman–Crippen MR) is 72.6 cm³/mol. The maximum Gasteiger partial charge on any atom is 0.114 e. The molecule has 0 aliphatic rings. The fourth-order valence-corrected chi connectivity index (χ4v) is 2.75. The van der Waals surface area contributed by atoms with E-state index in [4.69, 9.17) is 5.26 Å². The Labute approximate surface area is 109 Å². The molecule has 0 radical (unpaired) electrons. The molecule has 0 N–H and O–H groups in total. The summed E-state index contributed by atoms with van der Waals surface area (Å²) in [6.45, 7) is 0. The summed E-state index contributed by atoms with van der Waals surface area (Å²) in [5.41, 5.74) is 2.62. The van der Waals surface area contributed by atoms with Gasteiger partial charge in [-0.3, -0.25) is 0 Å². The Hall–Kier alpha value is -2.12. The number of benzene rings is 1. The monoisotopic (exact) mass is 253 g/mol. The van der Waals surface area contributed by atoms with Crippen molar-refractivity contribution in [3.8, 4) is 6.07 Å². The van der Waals surface area contributed by atoms with E-state index in [2.05, 4.69) is 33.1 Å². The lowest BCUT2D eigenvalue weighted by molar-refractivity contribution is 0.850. The predicted octanol–water partition coefficient (Wildman–Crippen LogP) is 3.10. The first kappa shape index (κ1) is 11.0. The Morgan fingerprint density at radius 3 is 3.00 bits per heavy atom. The van der Waals surface area contributed by atoms with Crippen molar-refractivity contribution >= 4 is 22.4 Å². The second kappa shape index (κ2) is 4.28. The smallest absolute Gasteiger partial charge is 0.114 e. The number of nitriles is 1. The number of thiophene rings is 1. The summed E-state index contributed by atoms with van der Waals surface area (Å²) in [5.74, 6) is 1.03. The maximum absolute atomic E-state index is 8.90. The summed E-state index contributed by atoms with van der Waals surface area (Å²) >= 11 is 1.74. The van der Waals surface area contributed by atoms with E-state index in [1.165, 1.54) is 4.88 Å². The molecular formula is C14H11N3S. The average molecular weight is 253 g/mol. The van der Waals surface area contributed by atoms with Crippen molar-refractivity contribution in [1.29, 1.82) is 5.26 Å². The molecule has 0 atom stereocenters. The first-order valence-corrected chi connectivity index (χ1v) is 6.54. The van der Waals surface area contributed by atoms with Crippen LogP contribution in [0, 0.1) is 11.3 Å². The van der Waals surface area contributed by atoms with Gasteiger partial charge in [-0.2, -0.15) is 5.26 Å². The molecule has 2 heterocycles. The summed E-state index contributed by atoms with van der Waals surface area (Å²) < 4.78 is 2.09. The molecule has 2 aromatic heterocycles. The Morgan fingerprint density at radius 1 is 1.39 bits per heavy atom. The maximum atomic E-state index is 8.90. The zero-order valence-electron chi connectivity index (χ0n) is 9.92. The summed E-state index contributed by atoms with van der Waals surface area (Å²) in [4.78, 5) is 5.91. The molecule has 3 nitrogen and oxygen atoms in total. The molecule has 4 heteroatoms. The van der Waals surface area contributed by atoms with Crippen LogP contribution < -0.4 is 0 Å². The van der Waals surface area contributed by atoms with Crippen LogP contribution in [0.4, 0.5) is 0 Å². The highest BCUT2D eigenvalue weighted by Gasteiger charge is 2.09. The molecule has 0 amide bonds. The van der Waals surface area contributed by atoms with Crippen molar-refractivity contribution in [1.82, 2.24) is 9.55 Å². The molecule has 0 unspecified atom stereocenters. The van der Waals surface area contributed by atoms with Crippen LogP contribution in [0.5, 0.6) is 0 Å². The van der Waals surface area contributed by atoms with E-state index in [-0.39, 0.29) is 0 Å². The standard InChI is InChI=1S/C14H11N3S/c1-17-13-5-4-10(9-15)7-12(13)16-14(17)8-11-3-2-6-18-11/h2-7H,8H2,1H3. The number of fused-ring (bicyclic) bond motifs is 1. The van der Waals surface area contributed by atoms with Crippen LogP contribution in [0.1, 0.15) is 16.3 Å². The highest BCUT2D eigenvalue weighted by molar-refractivity contribution is 7.09. The molecule has 3 rings (SSSR count). The minimum Gasteiger partial charge on any atom is -0.331 e. The van der Waals surface area contributed by atoms with Crippen LogP contribution >= 0.6 is 11.3 Å². The first-order chi connectivity index (χ1) is 8.78. The molecule has 3 aromatic rings. The van der Waals surface area contributed by atoms with Gasteiger partial charge < -0.3 is 4.57 Å². The van der Waals surface area contributed by atoms with Gasteiger partial charge >= 0.3 is 0 Å². The van der Waals surface area contributed by atoms with Gasteiger partial charge in [0.15, 0.2) is 0 Å². The average Bonchev–Trinajstić information content (AvgIpc) is 2.99. The third-order valence-electron chi connectivity index (χ3n) is 3.01. The molecule has 0 bridgehead atoms. The molecule has 0 aliphatic carbocycles. The Kier molecular flexibility index (Phi) is 2.62. The van der Waals surface area contributed by atoms with Crippen molar-refractivity contribution < 1.29 is 0 Å². The zero-order chi connectivity index (χ0) is 12.5. The third-order valence-corrected chi connectivity index (χ3v) is 3.89. The van der Waals surface area contributed by atoms with Gasteiger partial charge in [0.25, 0.3) is 0 Å². The second-order valence-electron chi connectivity index (χ2n) is 4.16. The fourth-order valence-electron chi connectivity index (χ4n) is 2.05. The van der Waals surface area contributed by atoms with Crippen LogP contribution in [-0.4, -0.2) is 9.55 Å². The van der Waals surface area contributed by atoms with Gasteiger partial charge in [0, 0.05) is 18.3 Å². The summed E-state index contributed by atoms with van der Waals surface area (Å²) in [6, 6.07) is 11.9. The Bertz CT molecular complexity index is 732. The molecule has 1 aromatic carbocycles. The fraction of sp³-hybridized carbons (Fsp3) is 0.143. The van der Waals surface area contributed by atoms with E-state index in [0.717, 1.165) is 23.3 Å². The van der Waals surface area contributed by atoms with Gasteiger partial charge in [-0.25, -0.2) is 4.98 Å². The van der Waals surface area contributed by atoms with Crippen LogP contribution in [0.25, 0.3) is 11.0 Å². The lowest BCUT2D eigenvalue weighted by Crippen LogP contribution is -1.97. The SMILES string of the molecule is Cn1c(Cc2cccs2)nc2cc(C#N)ccc21. The Balaban J connectivity index is 2.08. The topological polar surface area (TPSA) is 41.6 Å². The van der Waals surface area contributed by atoms with Crippen LogP contribution in [0.15, 0.2) is 35.7 Å². The number of aryl methyl sites for hydroxylation is 1. The van der Waals surface area contributed by atoms with Crippen molar-refractivity contribution in [2.75, 3.05) is 0 Å². The summed E-state index contributed by atoms with van der Waals surface area (Å²) in [5, 5.41) is 11.0. The van der Waals surface area contributed by atoms with Crippen molar-refractivity contribution in [3.63, 3.8) is 0 Å². The van der Waals surface area contributed by atoms with Crippen LogP contribution in [0.3, 0.4) is 0 Å². The molecule has 0 saturated carbocycles. The van der Waals surface area contributed by atoms with Gasteiger partial charge in [-0.1, -0.05) is 6.07 Å². The number of hydrogen-bond donors (Lipinski definition) is 0. The van der Waals surface area contributed by atoms with Crippen LogP contribution in [0.2, 0.25) is 0 Å². The van der Waals surface area contributed by atoms with E-state index in [9.17, 15) is 0 Å². The minimum atomic E-state index is 0.656. The van der Waals surface area contributed by atoms with Gasteiger partial charge in [0.05, 0.1) is 22.7 Å². The highest BCUT2D eigenvalue weighted by atomic mass is 32.1. The van der Waals surface area contributed by atoms with E-state index < -0.39 is 0 Å². The lowest BCUT2D eigenvalue weighted by atomic mass is 10.2. The summed E-state index contributed by atoms with van der Waals surface area (Å²) in [7, 11) is 2.02. The number of rotatable bonds is 2. The highest BCUT2D eigenvalue weighted by Crippen LogP contribution is 2.20. The van der Waals surface area contributed by atoms with Gasteiger partial charge in [-0.05, 0) is 29.6 Å². The minimum absolute atomic E-state index is 0.656. The largest absolute Gasteiger partial charge is 0.331 e. The molecule has 18 heavy (non-hydrogen) atoms. The van der Waals surface area contributed by atoms with Gasteiger partial charge in [-0.15, -0.1) is 11.3 Å². The Morgan fingerprint density at radius 2 is 2.28 bits per heavy atom. The molecule has 0 fully saturated rings. The number of aromatic nitrogens is 2. The van der Waals surface area contributed by atoms with E-state index >= 15 is 0 Å². The summed E-state index contributed by atoms with van der Waals surface area (Å²) in [6.07, 6.45) is 0.838. The van der Waals surface area contributed by atoms with Crippen molar-refractivity contribution in [2.45, 2.75) is 6.42 Å². The molecular weight excluding hydrogens is 242 g/mol. The normalized spacial score (nSPS) is 10.7. The van der Waals surface area contributed by atoms with Crippen LogP contribution in [-0.2, 0) is 13.5 Å². The molecule has 0 aliphatic heterocycles. The number of nitrogens with zero attached hydrogens (tertiary/aromatic N) is 3. The van der Waals surface area contributed by atoms with Gasteiger partial charge in [0.2, 0.25) is 0 Å². The quantitative estimate of drug-likeness (QED) is 0.704. The van der Waals surface area contributed by atoms with E-state index in [0.29, 0.717) is 5.56 Å². The number of imidazole rings is 1. The molecule has 88 valence electrons.